The number of amides is 2. The lowest BCUT2D eigenvalue weighted by molar-refractivity contribution is -0.145. The average molecular weight is 590 g/mol. The molecular formula is C37H35NO6. The van der Waals surface area contributed by atoms with Crippen molar-refractivity contribution in [2.45, 2.75) is 57.1 Å². The van der Waals surface area contributed by atoms with Crippen molar-refractivity contribution in [2.24, 2.45) is 23.7 Å². The van der Waals surface area contributed by atoms with Crippen LogP contribution in [0.25, 0.3) is 5.57 Å². The summed E-state index contributed by atoms with van der Waals surface area (Å²) in [5, 5.41) is 9.92. The summed E-state index contributed by atoms with van der Waals surface area (Å²) < 4.78 is 6.21. The fourth-order valence-electron chi connectivity index (χ4n) is 8.48. The molecule has 1 saturated heterocycles. The van der Waals surface area contributed by atoms with Crippen LogP contribution in [0.4, 0.5) is 0 Å². The summed E-state index contributed by atoms with van der Waals surface area (Å²) >= 11 is 0. The van der Waals surface area contributed by atoms with Gasteiger partial charge in [-0.25, -0.2) is 0 Å². The fraction of sp³-hybridized carbons (Fsp3) is 0.351. The van der Waals surface area contributed by atoms with Crippen molar-refractivity contribution < 1.29 is 28.7 Å². The number of hydrogen-bond acceptors (Lipinski definition) is 6. The largest absolute Gasteiger partial charge is 0.463 e. The van der Waals surface area contributed by atoms with Crippen LogP contribution in [-0.4, -0.2) is 38.9 Å². The highest BCUT2D eigenvalue weighted by Crippen LogP contribution is 2.64. The molecule has 6 atom stereocenters. The van der Waals surface area contributed by atoms with Crippen LogP contribution in [0.5, 0.6) is 0 Å². The molecule has 0 unspecified atom stereocenters. The standard InChI is InChI=1S/C37H35NO6/c1-36(2,3)38-34(42)25-16-15-24-27(31(25)35(38)43)18-28-33(41)26(21-10-6-4-7-11-21)19-30(40)37(28,22-12-8-5-9-13-22)32(24)29-17-14-23(20-39)44-29/h4-15,17,19,25,27-28,31-32,39H,16,18,20H2,1-3H3/t25-,27+,28-,31-,32+,37-/m0/s1. The van der Waals surface area contributed by atoms with Gasteiger partial charge in [0.1, 0.15) is 18.1 Å². The van der Waals surface area contributed by atoms with Crippen LogP contribution in [0, 0.1) is 23.7 Å². The molecule has 2 fully saturated rings. The minimum absolute atomic E-state index is 0.163. The molecule has 2 amide bonds. The van der Waals surface area contributed by atoms with Gasteiger partial charge in [0.05, 0.1) is 23.2 Å². The third-order valence-corrected chi connectivity index (χ3v) is 10.2. The molecule has 224 valence electrons. The maximum Gasteiger partial charge on any atom is 0.234 e. The number of aliphatic hydroxyl groups is 1. The van der Waals surface area contributed by atoms with Crippen LogP contribution < -0.4 is 0 Å². The zero-order valence-electron chi connectivity index (χ0n) is 25.0. The summed E-state index contributed by atoms with van der Waals surface area (Å²) in [6.45, 7) is 5.26. The Morgan fingerprint density at radius 3 is 2.20 bits per heavy atom. The second kappa shape index (κ2) is 10.1. The van der Waals surface area contributed by atoms with E-state index >= 15 is 0 Å². The fourth-order valence-corrected chi connectivity index (χ4v) is 8.48. The average Bonchev–Trinajstić information content (AvgIpc) is 3.60. The predicted molar refractivity (Wildman–Crippen MR) is 163 cm³/mol. The van der Waals surface area contributed by atoms with E-state index in [0.29, 0.717) is 34.6 Å². The Balaban J connectivity index is 1.49. The van der Waals surface area contributed by atoms with Crippen molar-refractivity contribution in [3.63, 3.8) is 0 Å². The van der Waals surface area contributed by atoms with E-state index in [0.717, 1.165) is 5.57 Å². The molecular weight excluding hydrogens is 554 g/mol. The van der Waals surface area contributed by atoms with Crippen molar-refractivity contribution in [2.75, 3.05) is 0 Å². The van der Waals surface area contributed by atoms with Gasteiger partial charge in [-0.05, 0) is 68.9 Å². The van der Waals surface area contributed by atoms with Crippen LogP contribution in [0.1, 0.15) is 62.2 Å². The Morgan fingerprint density at radius 1 is 0.886 bits per heavy atom. The first-order chi connectivity index (χ1) is 21.1. The molecule has 1 saturated carbocycles. The van der Waals surface area contributed by atoms with Crippen molar-refractivity contribution >= 4 is 29.0 Å². The summed E-state index contributed by atoms with van der Waals surface area (Å²) in [6, 6.07) is 22.0. The number of furan rings is 1. The number of imide groups is 1. The monoisotopic (exact) mass is 589 g/mol. The topological polar surface area (TPSA) is 105 Å². The molecule has 7 heteroatoms. The van der Waals surface area contributed by atoms with Gasteiger partial charge in [-0.1, -0.05) is 72.3 Å². The van der Waals surface area contributed by atoms with Crippen LogP contribution in [0.2, 0.25) is 0 Å². The van der Waals surface area contributed by atoms with Gasteiger partial charge in [0.15, 0.2) is 11.6 Å². The van der Waals surface area contributed by atoms with Crippen molar-refractivity contribution in [3.05, 3.63) is 113 Å². The number of ketones is 2. The molecule has 3 aromatic rings. The maximum atomic E-state index is 14.9. The number of benzene rings is 2. The molecule has 0 spiro atoms. The number of aliphatic hydroxyl groups excluding tert-OH is 1. The van der Waals surface area contributed by atoms with Gasteiger partial charge in [0.25, 0.3) is 0 Å². The van der Waals surface area contributed by atoms with Crippen LogP contribution >= 0.6 is 0 Å². The van der Waals surface area contributed by atoms with Crippen LogP contribution in [-0.2, 0) is 31.2 Å². The molecule has 7 nitrogen and oxygen atoms in total. The quantitative estimate of drug-likeness (QED) is 0.323. The summed E-state index contributed by atoms with van der Waals surface area (Å²) in [4.78, 5) is 58.9. The highest BCUT2D eigenvalue weighted by atomic mass is 16.4. The Morgan fingerprint density at radius 2 is 1.57 bits per heavy atom. The van der Waals surface area contributed by atoms with Gasteiger partial charge in [-0.2, -0.15) is 0 Å². The Kier molecular flexibility index (Phi) is 6.52. The first-order valence-corrected chi connectivity index (χ1v) is 15.3. The first kappa shape index (κ1) is 28.4. The normalized spacial score (nSPS) is 30.0. The molecule has 1 N–H and O–H groups in total. The molecule has 1 aromatic heterocycles. The van der Waals surface area contributed by atoms with E-state index in [1.165, 1.54) is 11.0 Å². The molecule has 7 rings (SSSR count). The second-order valence-corrected chi connectivity index (χ2v) is 13.4. The van der Waals surface area contributed by atoms with Crippen molar-refractivity contribution in [1.29, 1.82) is 0 Å². The van der Waals surface area contributed by atoms with Gasteiger partial charge in [0, 0.05) is 17.0 Å². The molecule has 0 bridgehead atoms. The molecule has 44 heavy (non-hydrogen) atoms. The number of hydrogen-bond donors (Lipinski definition) is 1. The predicted octanol–water partition coefficient (Wildman–Crippen LogP) is 5.39. The van der Waals surface area contributed by atoms with E-state index in [9.17, 15) is 24.3 Å². The maximum absolute atomic E-state index is 14.9. The van der Waals surface area contributed by atoms with Crippen molar-refractivity contribution in [3.8, 4) is 0 Å². The van der Waals surface area contributed by atoms with Gasteiger partial charge in [-0.15, -0.1) is 0 Å². The Hall–Kier alpha value is -4.36. The van der Waals surface area contributed by atoms with Crippen molar-refractivity contribution in [1.82, 2.24) is 4.90 Å². The van der Waals surface area contributed by atoms with E-state index in [1.807, 2.05) is 87.5 Å². The summed E-state index contributed by atoms with van der Waals surface area (Å²) in [5.74, 6) is -3.12. The van der Waals surface area contributed by atoms with Gasteiger partial charge in [-0.3, -0.25) is 24.1 Å². The zero-order valence-corrected chi connectivity index (χ0v) is 25.0. The van der Waals surface area contributed by atoms with Crippen LogP contribution in [0.15, 0.2) is 94.9 Å². The lowest BCUT2D eigenvalue weighted by Crippen LogP contribution is -2.58. The Bertz CT molecular complexity index is 1740. The number of fused-ring (bicyclic) bond motifs is 4. The van der Waals surface area contributed by atoms with E-state index in [4.69, 9.17) is 4.42 Å². The van der Waals surface area contributed by atoms with E-state index in [2.05, 4.69) is 0 Å². The van der Waals surface area contributed by atoms with Crippen LogP contribution in [0.3, 0.4) is 0 Å². The smallest absolute Gasteiger partial charge is 0.234 e. The number of carbonyl (C=O) groups excluding carboxylic acids is 4. The van der Waals surface area contributed by atoms with E-state index in [-0.39, 0.29) is 36.4 Å². The molecule has 3 aliphatic carbocycles. The summed E-state index contributed by atoms with van der Waals surface area (Å²) in [6.07, 6.45) is 4.12. The number of Topliss-reactive ketones (excluding diaryl/α,β-unsaturated/α-hetero) is 1. The molecule has 1 aliphatic heterocycles. The molecule has 2 aromatic carbocycles. The number of allylic oxidation sites excluding steroid dienone is 4. The zero-order chi connectivity index (χ0) is 31.0. The summed E-state index contributed by atoms with van der Waals surface area (Å²) in [5.41, 5.74) is 0.533. The number of rotatable bonds is 4. The molecule has 2 heterocycles. The minimum Gasteiger partial charge on any atom is -0.463 e. The lowest BCUT2D eigenvalue weighted by Gasteiger charge is -2.54. The van der Waals surface area contributed by atoms with Gasteiger partial charge >= 0.3 is 0 Å². The SMILES string of the molecule is CC(C)(C)N1C(=O)[C@H]2[C@H](CC=C3[C@H]2C[C@H]2C(=O)C(c4ccccc4)=CC(=O)[C@@]2(c2ccccc2)[C@H]3c2ccc(CO)o2)C1=O. The highest BCUT2D eigenvalue weighted by Gasteiger charge is 2.67. The number of nitrogens with zero attached hydrogens (tertiary/aromatic N) is 1. The third kappa shape index (κ3) is 3.91. The Labute approximate surface area is 256 Å². The first-order valence-electron chi connectivity index (χ1n) is 15.3. The second-order valence-electron chi connectivity index (χ2n) is 13.4. The molecule has 0 radical (unpaired) electrons. The highest BCUT2D eigenvalue weighted by molar-refractivity contribution is 6.31. The van der Waals surface area contributed by atoms with Gasteiger partial charge < -0.3 is 9.52 Å². The number of likely N-dealkylation sites (tertiary alicyclic amines) is 1. The van der Waals surface area contributed by atoms with Gasteiger partial charge in [0.2, 0.25) is 11.8 Å². The third-order valence-electron chi connectivity index (χ3n) is 10.2. The van der Waals surface area contributed by atoms with E-state index in [1.54, 1.807) is 12.1 Å². The molecule has 4 aliphatic rings. The summed E-state index contributed by atoms with van der Waals surface area (Å²) in [7, 11) is 0. The number of carbonyl (C=O) groups is 4. The minimum atomic E-state index is -1.34. The van der Waals surface area contributed by atoms with E-state index < -0.39 is 40.5 Å². The lowest BCUT2D eigenvalue weighted by atomic mass is 9.45.